The third-order valence-corrected chi connectivity index (χ3v) is 11.5. The van der Waals surface area contributed by atoms with Crippen LogP contribution in [-0.4, -0.2) is 88.7 Å². The highest BCUT2D eigenvalue weighted by molar-refractivity contribution is 5.20. The lowest BCUT2D eigenvalue weighted by Gasteiger charge is -2.43. The Labute approximate surface area is 361 Å². The quantitative estimate of drug-likeness (QED) is 0.0603. The molecule has 0 N–H and O–H groups in total. The fourth-order valence-electron chi connectivity index (χ4n) is 8.65. The molecule has 7 rings (SSSR count). The van der Waals surface area contributed by atoms with E-state index < -0.39 is 0 Å². The first-order valence-corrected chi connectivity index (χ1v) is 22.3. The monoisotopic (exact) mass is 799 g/mol. The van der Waals surface area contributed by atoms with Crippen LogP contribution in [0.5, 0.6) is 0 Å². The van der Waals surface area contributed by atoms with E-state index in [0.717, 1.165) is 118 Å². The maximum absolute atomic E-state index is 2.71. The Morgan fingerprint density at radius 2 is 0.450 bits per heavy atom. The predicted octanol–water partition coefficient (Wildman–Crippen LogP) is 10.1. The van der Waals surface area contributed by atoms with Crippen LogP contribution in [0.25, 0.3) is 0 Å². The largest absolute Gasteiger partial charge is 0.295 e. The Morgan fingerprint density at radius 3 is 0.633 bits per heavy atom. The van der Waals surface area contributed by atoms with E-state index in [1.165, 1.54) is 33.4 Å². The van der Waals surface area contributed by atoms with Crippen molar-refractivity contribution in [3.63, 3.8) is 0 Å². The number of hydrogen-bond acceptors (Lipinski definition) is 6. The average Bonchev–Trinajstić information content (AvgIpc) is 3.28. The fraction of sp³-hybridized carbons (Fsp3) is 0.333. The van der Waals surface area contributed by atoms with Gasteiger partial charge in [0.05, 0.1) is 20.0 Å². The predicted molar refractivity (Wildman–Crippen MR) is 250 cm³/mol. The van der Waals surface area contributed by atoms with Crippen molar-refractivity contribution in [2.75, 3.05) is 59.3 Å². The third kappa shape index (κ3) is 15.3. The summed E-state index contributed by atoms with van der Waals surface area (Å²) in [5, 5.41) is 0. The minimum absolute atomic E-state index is 0.971. The molecule has 6 heteroatoms. The Morgan fingerprint density at radius 1 is 0.267 bits per heavy atom. The summed E-state index contributed by atoms with van der Waals surface area (Å²) < 4.78 is 0. The van der Waals surface area contributed by atoms with Gasteiger partial charge in [-0.1, -0.05) is 182 Å². The molecule has 312 valence electrons. The average molecular weight is 799 g/mol. The maximum Gasteiger partial charge on any atom is 0.0530 e. The zero-order valence-corrected chi connectivity index (χ0v) is 35.7. The molecule has 6 aromatic rings. The van der Waals surface area contributed by atoms with E-state index in [9.17, 15) is 0 Å². The van der Waals surface area contributed by atoms with Crippen molar-refractivity contribution in [2.24, 2.45) is 0 Å². The summed E-state index contributed by atoms with van der Waals surface area (Å²) in [4.78, 5) is 16.0. The van der Waals surface area contributed by atoms with Gasteiger partial charge in [-0.3, -0.25) is 29.4 Å². The topological polar surface area (TPSA) is 19.4 Å². The zero-order valence-electron chi connectivity index (χ0n) is 35.7. The molecule has 0 spiro atoms. The highest BCUT2D eigenvalue weighted by atomic mass is 15.5. The number of nitrogens with zero attached hydrogens (tertiary/aromatic N) is 6. The lowest BCUT2D eigenvalue weighted by molar-refractivity contribution is -0.0334. The molecule has 6 nitrogen and oxygen atoms in total. The molecule has 0 saturated carbocycles. The molecule has 0 bridgehead atoms. The molecule has 60 heavy (non-hydrogen) atoms. The van der Waals surface area contributed by atoms with Gasteiger partial charge >= 0.3 is 0 Å². The van der Waals surface area contributed by atoms with Gasteiger partial charge in [-0.2, -0.15) is 0 Å². The summed E-state index contributed by atoms with van der Waals surface area (Å²) in [6.45, 7) is 15.4. The van der Waals surface area contributed by atoms with Crippen LogP contribution >= 0.6 is 0 Å². The first-order chi connectivity index (χ1) is 29.7. The van der Waals surface area contributed by atoms with Gasteiger partial charge in [0, 0.05) is 78.5 Å². The van der Waals surface area contributed by atoms with Gasteiger partial charge in [-0.15, -0.1) is 0 Å². The van der Waals surface area contributed by atoms with Gasteiger partial charge < -0.3 is 0 Å². The van der Waals surface area contributed by atoms with Crippen molar-refractivity contribution in [2.45, 2.75) is 58.5 Å². The molecule has 0 atom stereocenters. The van der Waals surface area contributed by atoms with Crippen molar-refractivity contribution in [3.8, 4) is 0 Å². The standard InChI is InChI=1S/C54H66N6/c1-7-22-49(23-8-1)40-55(41-50-24-9-2-10-25-50)34-19-37-58-46-59(38-20-35-56(42-51-26-11-3-12-27-51)43-52-28-13-4-14-29-52)48-60(47-58)39-21-36-57(44-53-30-15-5-16-31-53)45-54-32-17-6-18-33-54/h1-18,22-33H,19-21,34-48H2. The molecule has 1 fully saturated rings. The first-order valence-electron chi connectivity index (χ1n) is 22.3. The summed E-state index contributed by atoms with van der Waals surface area (Å²) >= 11 is 0. The maximum atomic E-state index is 2.71. The Hall–Kier alpha value is -4.92. The first kappa shape index (κ1) is 43.2. The SMILES string of the molecule is c1ccc(CN(CCCN2CN(CCCN(Cc3ccccc3)Cc3ccccc3)CN(CCCN(Cc3ccccc3)Cc3ccccc3)C2)Cc2ccccc2)cc1. The molecule has 6 aromatic carbocycles. The van der Waals surface area contributed by atoms with E-state index in [0.29, 0.717) is 0 Å². The summed E-state index contributed by atoms with van der Waals surface area (Å²) in [5.74, 6) is 0. The molecule has 1 heterocycles. The molecule has 1 saturated heterocycles. The van der Waals surface area contributed by atoms with Crippen LogP contribution < -0.4 is 0 Å². The van der Waals surface area contributed by atoms with Crippen molar-refractivity contribution < 1.29 is 0 Å². The van der Waals surface area contributed by atoms with Gasteiger partial charge in [-0.25, -0.2) is 0 Å². The third-order valence-electron chi connectivity index (χ3n) is 11.5. The minimum Gasteiger partial charge on any atom is -0.295 e. The molecular weight excluding hydrogens is 733 g/mol. The Kier molecular flexibility index (Phi) is 17.5. The van der Waals surface area contributed by atoms with Gasteiger partial charge in [0.25, 0.3) is 0 Å². The van der Waals surface area contributed by atoms with Gasteiger partial charge in [0.1, 0.15) is 0 Å². The molecule has 0 radical (unpaired) electrons. The van der Waals surface area contributed by atoms with Crippen molar-refractivity contribution in [1.29, 1.82) is 0 Å². The summed E-state index contributed by atoms with van der Waals surface area (Å²) in [7, 11) is 0. The Balaban J connectivity index is 0.987. The molecular formula is C54H66N6. The second kappa shape index (κ2) is 24.4. The van der Waals surface area contributed by atoms with Crippen LogP contribution in [0.15, 0.2) is 182 Å². The number of benzene rings is 6. The van der Waals surface area contributed by atoms with Crippen LogP contribution in [0, 0.1) is 0 Å². The van der Waals surface area contributed by atoms with Crippen molar-refractivity contribution in [3.05, 3.63) is 215 Å². The molecule has 1 aliphatic rings. The molecule has 0 aliphatic carbocycles. The molecule has 0 aromatic heterocycles. The number of hydrogen-bond donors (Lipinski definition) is 0. The normalized spacial score (nSPS) is 14.1. The van der Waals surface area contributed by atoms with Gasteiger partial charge in [0.2, 0.25) is 0 Å². The van der Waals surface area contributed by atoms with Crippen LogP contribution in [-0.2, 0) is 39.3 Å². The van der Waals surface area contributed by atoms with E-state index >= 15 is 0 Å². The smallest absolute Gasteiger partial charge is 0.0530 e. The second-order valence-electron chi connectivity index (χ2n) is 16.7. The fourth-order valence-corrected chi connectivity index (χ4v) is 8.65. The highest BCUT2D eigenvalue weighted by Gasteiger charge is 2.24. The lowest BCUT2D eigenvalue weighted by atomic mass is 10.1. The van der Waals surface area contributed by atoms with E-state index in [2.05, 4.69) is 211 Å². The zero-order chi connectivity index (χ0) is 40.9. The molecule has 0 unspecified atom stereocenters. The second-order valence-corrected chi connectivity index (χ2v) is 16.7. The van der Waals surface area contributed by atoms with Crippen LogP contribution in [0.4, 0.5) is 0 Å². The summed E-state index contributed by atoms with van der Waals surface area (Å²) in [6, 6.07) is 65.9. The van der Waals surface area contributed by atoms with E-state index in [1.807, 2.05) is 0 Å². The van der Waals surface area contributed by atoms with E-state index in [4.69, 9.17) is 0 Å². The molecule has 0 amide bonds. The van der Waals surface area contributed by atoms with Crippen LogP contribution in [0.3, 0.4) is 0 Å². The van der Waals surface area contributed by atoms with Crippen LogP contribution in [0.1, 0.15) is 52.6 Å². The molecule has 1 aliphatic heterocycles. The summed E-state index contributed by atoms with van der Waals surface area (Å²) in [6.07, 6.45) is 3.43. The van der Waals surface area contributed by atoms with Gasteiger partial charge in [0.15, 0.2) is 0 Å². The Bertz CT molecular complexity index is 1630. The van der Waals surface area contributed by atoms with Crippen molar-refractivity contribution in [1.82, 2.24) is 29.4 Å². The summed E-state index contributed by atoms with van der Waals surface area (Å²) in [5.41, 5.74) is 8.28. The number of rotatable bonds is 24. The van der Waals surface area contributed by atoms with Crippen LogP contribution in [0.2, 0.25) is 0 Å². The highest BCUT2D eigenvalue weighted by Crippen LogP contribution is 2.17. The van der Waals surface area contributed by atoms with E-state index in [-0.39, 0.29) is 0 Å². The van der Waals surface area contributed by atoms with Crippen molar-refractivity contribution >= 4 is 0 Å². The minimum atomic E-state index is 0.971. The van der Waals surface area contributed by atoms with E-state index in [1.54, 1.807) is 0 Å². The lowest BCUT2D eigenvalue weighted by Crippen LogP contribution is -2.55. The van der Waals surface area contributed by atoms with Gasteiger partial charge in [-0.05, 0) is 52.6 Å².